The molecule has 0 aliphatic carbocycles. The molecule has 0 fully saturated rings. The van der Waals surface area contributed by atoms with E-state index >= 15 is 0 Å². The molecular formula is C15H16BrNO3. The van der Waals surface area contributed by atoms with Crippen LogP contribution in [0.1, 0.15) is 0 Å². The van der Waals surface area contributed by atoms with Gasteiger partial charge in [0.25, 0.3) is 0 Å². The molecule has 0 unspecified atom stereocenters. The Hall–Kier alpha value is -1.88. The summed E-state index contributed by atoms with van der Waals surface area (Å²) >= 11 is 3.43. The average Bonchev–Trinajstić information content (AvgIpc) is 2.46. The monoisotopic (exact) mass is 337 g/mol. The average molecular weight is 338 g/mol. The Labute approximate surface area is 126 Å². The Bertz CT molecular complexity index is 575. The van der Waals surface area contributed by atoms with Gasteiger partial charge in [-0.2, -0.15) is 0 Å². The highest BCUT2D eigenvalue weighted by Gasteiger charge is 2.08. The van der Waals surface area contributed by atoms with Crippen molar-refractivity contribution >= 4 is 21.6 Å². The van der Waals surface area contributed by atoms with Crippen LogP contribution < -0.4 is 19.9 Å². The number of halogens is 1. The Morgan fingerprint density at radius 2 is 1.65 bits per heavy atom. The number of nitrogen functional groups attached to an aromatic ring is 1. The molecule has 5 heteroatoms. The van der Waals surface area contributed by atoms with Crippen molar-refractivity contribution in [1.29, 1.82) is 0 Å². The van der Waals surface area contributed by atoms with E-state index in [4.69, 9.17) is 19.9 Å². The first-order valence-corrected chi connectivity index (χ1v) is 6.94. The zero-order chi connectivity index (χ0) is 14.4. The minimum atomic E-state index is 0.396. The molecule has 0 heterocycles. The van der Waals surface area contributed by atoms with E-state index in [0.29, 0.717) is 36.1 Å². The van der Waals surface area contributed by atoms with Crippen molar-refractivity contribution in [3.63, 3.8) is 0 Å². The van der Waals surface area contributed by atoms with Gasteiger partial charge in [-0.15, -0.1) is 0 Å². The van der Waals surface area contributed by atoms with Gasteiger partial charge in [-0.05, 0) is 40.2 Å². The summed E-state index contributed by atoms with van der Waals surface area (Å²) in [5.41, 5.74) is 6.41. The van der Waals surface area contributed by atoms with Crippen molar-refractivity contribution in [3.8, 4) is 17.2 Å². The molecule has 2 aromatic rings. The number of methoxy groups -OCH3 is 1. The van der Waals surface area contributed by atoms with E-state index in [-0.39, 0.29) is 0 Å². The van der Waals surface area contributed by atoms with Crippen molar-refractivity contribution < 1.29 is 14.2 Å². The number of ether oxygens (including phenoxy) is 3. The first-order valence-electron chi connectivity index (χ1n) is 6.15. The molecule has 2 rings (SSSR count). The largest absolute Gasteiger partial charge is 0.493 e. The van der Waals surface area contributed by atoms with Gasteiger partial charge in [-0.25, -0.2) is 0 Å². The number of benzene rings is 2. The molecule has 2 aromatic carbocycles. The molecular weight excluding hydrogens is 322 g/mol. The summed E-state index contributed by atoms with van der Waals surface area (Å²) < 4.78 is 17.3. The maximum Gasteiger partial charge on any atom is 0.175 e. The van der Waals surface area contributed by atoms with Gasteiger partial charge in [0.1, 0.15) is 19.0 Å². The van der Waals surface area contributed by atoms with Crippen molar-refractivity contribution in [2.75, 3.05) is 26.1 Å². The summed E-state index contributed by atoms with van der Waals surface area (Å²) in [6.07, 6.45) is 0. The zero-order valence-corrected chi connectivity index (χ0v) is 12.7. The third kappa shape index (κ3) is 3.57. The predicted molar refractivity (Wildman–Crippen MR) is 82.5 cm³/mol. The van der Waals surface area contributed by atoms with Crippen LogP contribution in [0.5, 0.6) is 17.2 Å². The summed E-state index contributed by atoms with van der Waals surface area (Å²) in [5, 5.41) is 0. The Morgan fingerprint density at radius 1 is 0.950 bits per heavy atom. The van der Waals surface area contributed by atoms with Crippen LogP contribution in [0.4, 0.5) is 5.69 Å². The summed E-state index contributed by atoms with van der Waals surface area (Å²) in [4.78, 5) is 0. The normalized spacial score (nSPS) is 10.1. The highest BCUT2D eigenvalue weighted by molar-refractivity contribution is 9.10. The van der Waals surface area contributed by atoms with Gasteiger partial charge >= 0.3 is 0 Å². The summed E-state index contributed by atoms with van der Waals surface area (Å²) in [6.45, 7) is 0.798. The Kier molecular flexibility index (Phi) is 5.12. The second-order valence-electron chi connectivity index (χ2n) is 4.01. The van der Waals surface area contributed by atoms with Crippen LogP contribution in [0.3, 0.4) is 0 Å². The predicted octanol–water partition coefficient (Wildman–Crippen LogP) is 3.50. The lowest BCUT2D eigenvalue weighted by atomic mass is 10.3. The lowest BCUT2D eigenvalue weighted by Crippen LogP contribution is -2.10. The fourth-order valence-electron chi connectivity index (χ4n) is 1.70. The quantitative estimate of drug-likeness (QED) is 0.647. The van der Waals surface area contributed by atoms with Crippen LogP contribution in [-0.4, -0.2) is 20.3 Å². The van der Waals surface area contributed by atoms with E-state index in [0.717, 1.165) is 4.47 Å². The number of hydrogen-bond donors (Lipinski definition) is 1. The molecule has 2 N–H and O–H groups in total. The minimum absolute atomic E-state index is 0.396. The Morgan fingerprint density at radius 3 is 2.40 bits per heavy atom. The summed E-state index contributed by atoms with van der Waals surface area (Å²) in [6, 6.07) is 13.0. The fraction of sp³-hybridized carbons (Fsp3) is 0.200. The van der Waals surface area contributed by atoms with E-state index in [1.54, 1.807) is 13.2 Å². The van der Waals surface area contributed by atoms with Gasteiger partial charge in [-0.3, -0.25) is 0 Å². The molecule has 0 spiro atoms. The van der Waals surface area contributed by atoms with Gasteiger partial charge in [0.2, 0.25) is 0 Å². The number of para-hydroxylation sites is 3. The molecule has 0 radical (unpaired) electrons. The van der Waals surface area contributed by atoms with E-state index in [9.17, 15) is 0 Å². The number of hydrogen-bond acceptors (Lipinski definition) is 4. The molecule has 0 aromatic heterocycles. The third-order valence-electron chi connectivity index (χ3n) is 2.66. The molecule has 0 aliphatic heterocycles. The second kappa shape index (κ2) is 7.05. The lowest BCUT2D eigenvalue weighted by Gasteiger charge is -2.13. The molecule has 0 aliphatic rings. The third-order valence-corrected chi connectivity index (χ3v) is 3.28. The highest BCUT2D eigenvalue weighted by Crippen LogP contribution is 2.34. The van der Waals surface area contributed by atoms with Crippen molar-refractivity contribution in [3.05, 3.63) is 46.9 Å². The first-order chi connectivity index (χ1) is 9.72. The molecule has 0 bridgehead atoms. The number of rotatable bonds is 6. The SMILES string of the molecule is COc1cccc(Br)c1OCCOc1ccccc1N. The Balaban J connectivity index is 1.89. The molecule has 0 amide bonds. The van der Waals surface area contributed by atoms with E-state index in [1.165, 1.54) is 0 Å². The van der Waals surface area contributed by atoms with Gasteiger partial charge in [-0.1, -0.05) is 18.2 Å². The molecule has 4 nitrogen and oxygen atoms in total. The maximum absolute atomic E-state index is 5.79. The van der Waals surface area contributed by atoms with Gasteiger partial charge in [0.15, 0.2) is 11.5 Å². The van der Waals surface area contributed by atoms with Crippen LogP contribution in [0.2, 0.25) is 0 Å². The smallest absolute Gasteiger partial charge is 0.175 e. The van der Waals surface area contributed by atoms with E-state index < -0.39 is 0 Å². The van der Waals surface area contributed by atoms with Gasteiger partial charge in [0, 0.05) is 0 Å². The van der Waals surface area contributed by atoms with Crippen LogP contribution in [-0.2, 0) is 0 Å². The molecule has 0 atom stereocenters. The summed E-state index contributed by atoms with van der Waals surface area (Å²) in [5.74, 6) is 2.01. The minimum Gasteiger partial charge on any atom is -0.493 e. The fourth-order valence-corrected chi connectivity index (χ4v) is 2.16. The molecule has 106 valence electrons. The molecule has 0 saturated carbocycles. The topological polar surface area (TPSA) is 53.7 Å². The van der Waals surface area contributed by atoms with Gasteiger partial charge in [0.05, 0.1) is 17.3 Å². The van der Waals surface area contributed by atoms with E-state index in [2.05, 4.69) is 15.9 Å². The van der Waals surface area contributed by atoms with Crippen molar-refractivity contribution in [2.45, 2.75) is 0 Å². The zero-order valence-electron chi connectivity index (χ0n) is 11.1. The van der Waals surface area contributed by atoms with E-state index in [1.807, 2.05) is 36.4 Å². The first kappa shape index (κ1) is 14.5. The van der Waals surface area contributed by atoms with Crippen LogP contribution >= 0.6 is 15.9 Å². The van der Waals surface area contributed by atoms with Crippen molar-refractivity contribution in [2.24, 2.45) is 0 Å². The van der Waals surface area contributed by atoms with Crippen LogP contribution in [0.15, 0.2) is 46.9 Å². The van der Waals surface area contributed by atoms with Crippen LogP contribution in [0.25, 0.3) is 0 Å². The van der Waals surface area contributed by atoms with Crippen LogP contribution in [0, 0.1) is 0 Å². The number of anilines is 1. The second-order valence-corrected chi connectivity index (χ2v) is 4.86. The maximum atomic E-state index is 5.79. The lowest BCUT2D eigenvalue weighted by molar-refractivity contribution is 0.211. The molecule has 0 saturated heterocycles. The standard InChI is InChI=1S/C15H16BrNO3/c1-18-14-8-4-5-11(16)15(14)20-10-9-19-13-7-3-2-6-12(13)17/h2-8H,9-10,17H2,1H3. The van der Waals surface area contributed by atoms with Gasteiger partial charge < -0.3 is 19.9 Å². The highest BCUT2D eigenvalue weighted by atomic mass is 79.9. The number of nitrogens with two attached hydrogens (primary N) is 1. The summed E-state index contributed by atoms with van der Waals surface area (Å²) in [7, 11) is 1.61. The van der Waals surface area contributed by atoms with Crippen molar-refractivity contribution in [1.82, 2.24) is 0 Å². The molecule has 20 heavy (non-hydrogen) atoms.